The van der Waals surface area contributed by atoms with E-state index in [-0.39, 0.29) is 17.5 Å². The second kappa shape index (κ2) is 6.09. The summed E-state index contributed by atoms with van der Waals surface area (Å²) in [4.78, 5) is 24.0. The number of rotatable bonds is 1. The van der Waals surface area contributed by atoms with Crippen LogP contribution >= 0.6 is 0 Å². The first-order chi connectivity index (χ1) is 11.8. The minimum absolute atomic E-state index is 0.0302. The molecule has 0 aliphatic heterocycles. The Morgan fingerprint density at radius 1 is 1.04 bits per heavy atom. The van der Waals surface area contributed by atoms with Gasteiger partial charge in [-0.1, -0.05) is 13.8 Å². The lowest BCUT2D eigenvalue weighted by molar-refractivity contribution is -0.166. The monoisotopic (exact) mass is 346 g/mol. The molecule has 0 heterocycles. The zero-order valence-electron chi connectivity index (χ0n) is 16.2. The topological polar surface area (TPSA) is 43.4 Å². The molecule has 0 saturated heterocycles. The molecule has 7 atom stereocenters. The van der Waals surface area contributed by atoms with Crippen molar-refractivity contribution in [2.75, 3.05) is 0 Å². The first-order valence-corrected chi connectivity index (χ1v) is 10.5. The van der Waals surface area contributed by atoms with Crippen LogP contribution in [0.3, 0.4) is 0 Å². The lowest BCUT2D eigenvalue weighted by Crippen LogP contribution is -2.56. The number of hydrogen-bond acceptors (Lipinski definition) is 3. The van der Waals surface area contributed by atoms with Gasteiger partial charge in [-0.2, -0.15) is 0 Å². The Labute approximate surface area is 152 Å². The van der Waals surface area contributed by atoms with Gasteiger partial charge in [-0.05, 0) is 86.9 Å². The van der Waals surface area contributed by atoms with Crippen molar-refractivity contribution >= 4 is 11.8 Å². The molecule has 7 unspecified atom stereocenters. The van der Waals surface area contributed by atoms with Gasteiger partial charge in [0.25, 0.3) is 0 Å². The molecule has 0 bridgehead atoms. The second-order valence-corrected chi connectivity index (χ2v) is 9.93. The fourth-order valence-electron chi connectivity index (χ4n) is 7.53. The lowest BCUT2D eigenvalue weighted by atomic mass is 9.43. The largest absolute Gasteiger partial charge is 0.463 e. The Hall–Kier alpha value is -0.860. The molecule has 140 valence electrons. The third-order valence-electron chi connectivity index (χ3n) is 8.90. The molecular weight excluding hydrogens is 312 g/mol. The number of hydrogen-bond donors (Lipinski definition) is 0. The molecule has 0 amide bonds. The molecule has 0 spiro atoms. The summed E-state index contributed by atoms with van der Waals surface area (Å²) in [5, 5.41) is 0. The van der Waals surface area contributed by atoms with E-state index in [1.165, 1.54) is 39.0 Å². The molecular formula is C22H34O3. The van der Waals surface area contributed by atoms with Crippen molar-refractivity contribution < 1.29 is 14.3 Å². The van der Waals surface area contributed by atoms with E-state index in [0.29, 0.717) is 23.0 Å². The van der Waals surface area contributed by atoms with E-state index in [9.17, 15) is 9.59 Å². The summed E-state index contributed by atoms with van der Waals surface area (Å²) >= 11 is 0. The van der Waals surface area contributed by atoms with Gasteiger partial charge in [0.15, 0.2) is 0 Å². The summed E-state index contributed by atoms with van der Waals surface area (Å²) < 4.78 is 5.55. The molecule has 0 aromatic carbocycles. The maximum Gasteiger partial charge on any atom is 0.302 e. The van der Waals surface area contributed by atoms with Gasteiger partial charge in [0, 0.05) is 18.8 Å². The van der Waals surface area contributed by atoms with Crippen molar-refractivity contribution in [1.29, 1.82) is 0 Å². The van der Waals surface area contributed by atoms with Crippen LogP contribution in [0, 0.1) is 34.5 Å². The second-order valence-electron chi connectivity index (χ2n) is 9.93. The van der Waals surface area contributed by atoms with Crippen LogP contribution in [0.25, 0.3) is 0 Å². The first kappa shape index (κ1) is 17.5. The third kappa shape index (κ3) is 2.68. The molecule has 4 fully saturated rings. The highest BCUT2D eigenvalue weighted by atomic mass is 16.5. The maximum absolute atomic E-state index is 12.7. The van der Waals surface area contributed by atoms with Gasteiger partial charge in [-0.3, -0.25) is 9.59 Å². The van der Waals surface area contributed by atoms with Gasteiger partial charge in [0.05, 0.1) is 0 Å². The molecule has 3 heteroatoms. The van der Waals surface area contributed by atoms with Crippen LogP contribution in [0.4, 0.5) is 0 Å². The Morgan fingerprint density at radius 3 is 2.60 bits per heavy atom. The number of fused-ring (bicyclic) bond motifs is 5. The first-order valence-electron chi connectivity index (χ1n) is 10.5. The van der Waals surface area contributed by atoms with E-state index in [4.69, 9.17) is 4.74 Å². The molecule has 4 saturated carbocycles. The minimum atomic E-state index is -0.128. The van der Waals surface area contributed by atoms with Gasteiger partial charge in [-0.25, -0.2) is 0 Å². The van der Waals surface area contributed by atoms with Crippen molar-refractivity contribution in [1.82, 2.24) is 0 Å². The number of carbonyl (C=O) groups is 2. The van der Waals surface area contributed by atoms with E-state index in [0.717, 1.165) is 43.9 Å². The van der Waals surface area contributed by atoms with Gasteiger partial charge in [0.1, 0.15) is 11.9 Å². The number of Topliss-reactive ketones (excluding diaryl/α,β-unsaturated/α-hetero) is 1. The van der Waals surface area contributed by atoms with Crippen LogP contribution in [0.1, 0.15) is 85.0 Å². The molecule has 3 nitrogen and oxygen atoms in total. The van der Waals surface area contributed by atoms with Crippen molar-refractivity contribution in [3.8, 4) is 0 Å². The van der Waals surface area contributed by atoms with Crippen LogP contribution < -0.4 is 0 Å². The van der Waals surface area contributed by atoms with E-state index in [1.807, 2.05) is 0 Å². The van der Waals surface area contributed by atoms with Crippen LogP contribution in [0.15, 0.2) is 0 Å². The average molecular weight is 347 g/mol. The summed E-state index contributed by atoms with van der Waals surface area (Å²) in [5.74, 6) is 3.25. The van der Waals surface area contributed by atoms with E-state index in [1.54, 1.807) is 0 Å². The van der Waals surface area contributed by atoms with Crippen molar-refractivity contribution in [3.63, 3.8) is 0 Å². The van der Waals surface area contributed by atoms with Crippen LogP contribution in [-0.2, 0) is 14.3 Å². The number of ketones is 1. The van der Waals surface area contributed by atoms with E-state index in [2.05, 4.69) is 13.8 Å². The maximum atomic E-state index is 12.7. The molecule has 0 N–H and O–H groups in total. The highest BCUT2D eigenvalue weighted by molar-refractivity contribution is 5.85. The molecule has 4 aliphatic rings. The fraction of sp³-hybridized carbons (Fsp3) is 0.909. The number of ether oxygens (including phenoxy) is 1. The Balaban J connectivity index is 1.55. The summed E-state index contributed by atoms with van der Waals surface area (Å²) in [6, 6.07) is 0. The SMILES string of the molecule is CC(=O)OC1CCC2(C)C(CCC3C4CCCC(=O)C4(C)CCC32)C1. The Kier molecular flexibility index (Phi) is 4.28. The van der Waals surface area contributed by atoms with Crippen LogP contribution in [0.2, 0.25) is 0 Å². The van der Waals surface area contributed by atoms with Crippen LogP contribution in [-0.4, -0.2) is 17.9 Å². The van der Waals surface area contributed by atoms with Crippen molar-refractivity contribution in [2.24, 2.45) is 34.5 Å². The third-order valence-corrected chi connectivity index (χ3v) is 8.90. The van der Waals surface area contributed by atoms with Gasteiger partial charge < -0.3 is 4.74 Å². The number of esters is 1. The van der Waals surface area contributed by atoms with Crippen molar-refractivity contribution in [2.45, 2.75) is 91.1 Å². The molecule has 0 radical (unpaired) electrons. The molecule has 4 aliphatic carbocycles. The smallest absolute Gasteiger partial charge is 0.302 e. The summed E-state index contributed by atoms with van der Waals surface area (Å²) in [6.45, 7) is 6.33. The predicted molar refractivity (Wildman–Crippen MR) is 96.9 cm³/mol. The zero-order valence-corrected chi connectivity index (χ0v) is 16.2. The van der Waals surface area contributed by atoms with E-state index >= 15 is 0 Å². The predicted octanol–water partition coefficient (Wildman–Crippen LogP) is 4.92. The summed E-state index contributed by atoms with van der Waals surface area (Å²) in [5.41, 5.74) is 0.360. The summed E-state index contributed by atoms with van der Waals surface area (Å²) in [6.07, 6.45) is 11.5. The van der Waals surface area contributed by atoms with Gasteiger partial charge in [0.2, 0.25) is 0 Å². The number of carbonyl (C=O) groups excluding carboxylic acids is 2. The summed E-state index contributed by atoms with van der Waals surface area (Å²) in [7, 11) is 0. The molecule has 25 heavy (non-hydrogen) atoms. The van der Waals surface area contributed by atoms with Gasteiger partial charge >= 0.3 is 5.97 Å². The molecule has 0 aromatic rings. The van der Waals surface area contributed by atoms with Gasteiger partial charge in [-0.15, -0.1) is 0 Å². The highest BCUT2D eigenvalue weighted by Crippen LogP contribution is 2.64. The molecule has 4 rings (SSSR count). The highest BCUT2D eigenvalue weighted by Gasteiger charge is 2.59. The lowest BCUT2D eigenvalue weighted by Gasteiger charge is -2.62. The van der Waals surface area contributed by atoms with E-state index < -0.39 is 0 Å². The van der Waals surface area contributed by atoms with Crippen molar-refractivity contribution in [3.05, 3.63) is 0 Å². The quantitative estimate of drug-likeness (QED) is 0.633. The standard InChI is InChI=1S/C22H34O3/c1-14(23)25-16-9-11-21(2)15(13-16)7-8-17-18-5-4-6-20(24)22(18,3)12-10-19(17)21/h15-19H,4-13H2,1-3H3. The Morgan fingerprint density at radius 2 is 1.84 bits per heavy atom. The fourth-order valence-corrected chi connectivity index (χ4v) is 7.53. The average Bonchev–Trinajstić information content (AvgIpc) is 2.56. The minimum Gasteiger partial charge on any atom is -0.463 e. The normalized spacial score (nSPS) is 49.6. The molecule has 0 aromatic heterocycles. The van der Waals surface area contributed by atoms with Crippen LogP contribution in [0.5, 0.6) is 0 Å². The Bertz CT molecular complexity index is 570. The zero-order chi connectivity index (χ0) is 17.8.